The smallest absolute Gasteiger partial charge is 0.321 e. The number of methoxy groups -OCH3 is 2. The molecule has 0 bridgehead atoms. The van der Waals surface area contributed by atoms with E-state index in [-0.39, 0.29) is 12.0 Å². The molecule has 0 amide bonds. The van der Waals surface area contributed by atoms with Crippen LogP contribution in [0.1, 0.15) is 0 Å². The molecular weight excluding hydrogens is 256 g/mol. The number of aromatic nitrogens is 3. The Bertz CT molecular complexity index is 577. The molecule has 0 atom stereocenters. The van der Waals surface area contributed by atoms with E-state index in [4.69, 9.17) is 26.8 Å². The predicted molar refractivity (Wildman–Crippen MR) is 67.8 cm³/mol. The second-order valence-electron chi connectivity index (χ2n) is 3.35. The number of benzene rings is 1. The number of anilines is 1. The molecule has 0 aliphatic carbocycles. The van der Waals surface area contributed by atoms with Gasteiger partial charge in [0.25, 0.3) is 0 Å². The van der Waals surface area contributed by atoms with Gasteiger partial charge in [-0.05, 0) is 18.2 Å². The standard InChI is InChI=1S/C11H11ClN4O2/c1-17-8-5-6(3-4-7(8)12)9-14-10(13)16-11(15-9)18-2/h3-5H,1-2H3,(H2,13,14,15,16). The quantitative estimate of drug-likeness (QED) is 0.912. The zero-order chi connectivity index (χ0) is 13.1. The number of nitrogens with zero attached hydrogens (tertiary/aromatic N) is 3. The van der Waals surface area contributed by atoms with Crippen LogP contribution in [0.5, 0.6) is 11.8 Å². The molecule has 18 heavy (non-hydrogen) atoms. The lowest BCUT2D eigenvalue weighted by atomic mass is 10.2. The third-order valence-corrected chi connectivity index (χ3v) is 2.54. The van der Waals surface area contributed by atoms with Crippen LogP contribution >= 0.6 is 11.6 Å². The molecule has 0 radical (unpaired) electrons. The summed E-state index contributed by atoms with van der Waals surface area (Å²) >= 11 is 5.95. The lowest BCUT2D eigenvalue weighted by Crippen LogP contribution is -2.02. The second kappa shape index (κ2) is 5.05. The molecule has 1 aromatic carbocycles. The molecular formula is C11H11ClN4O2. The number of hydrogen-bond donors (Lipinski definition) is 1. The highest BCUT2D eigenvalue weighted by Gasteiger charge is 2.09. The maximum atomic E-state index is 5.95. The molecule has 0 spiro atoms. The number of nitrogens with two attached hydrogens (primary N) is 1. The fraction of sp³-hybridized carbons (Fsp3) is 0.182. The van der Waals surface area contributed by atoms with Crippen LogP contribution in [0.2, 0.25) is 5.02 Å². The molecule has 0 unspecified atom stereocenters. The zero-order valence-electron chi connectivity index (χ0n) is 9.85. The van der Waals surface area contributed by atoms with Crippen LogP contribution in [-0.4, -0.2) is 29.2 Å². The van der Waals surface area contributed by atoms with Gasteiger partial charge < -0.3 is 15.2 Å². The molecule has 0 saturated heterocycles. The Morgan fingerprint density at radius 2 is 1.89 bits per heavy atom. The first-order valence-electron chi connectivity index (χ1n) is 5.03. The van der Waals surface area contributed by atoms with E-state index in [0.717, 1.165) is 0 Å². The van der Waals surface area contributed by atoms with E-state index >= 15 is 0 Å². The Morgan fingerprint density at radius 3 is 2.56 bits per heavy atom. The van der Waals surface area contributed by atoms with Gasteiger partial charge in [0.15, 0.2) is 5.82 Å². The van der Waals surface area contributed by atoms with Crippen molar-refractivity contribution < 1.29 is 9.47 Å². The van der Waals surface area contributed by atoms with Crippen LogP contribution < -0.4 is 15.2 Å². The van der Waals surface area contributed by atoms with Crippen molar-refractivity contribution in [2.24, 2.45) is 0 Å². The van der Waals surface area contributed by atoms with E-state index in [9.17, 15) is 0 Å². The molecule has 2 aromatic rings. The summed E-state index contributed by atoms with van der Waals surface area (Å²) in [6.07, 6.45) is 0. The number of ether oxygens (including phenoxy) is 2. The van der Waals surface area contributed by atoms with Gasteiger partial charge in [0.05, 0.1) is 19.2 Å². The maximum absolute atomic E-state index is 5.95. The Balaban J connectivity index is 2.51. The third kappa shape index (κ3) is 2.43. The van der Waals surface area contributed by atoms with Crippen LogP contribution in [0, 0.1) is 0 Å². The van der Waals surface area contributed by atoms with Crippen molar-refractivity contribution in [1.29, 1.82) is 0 Å². The van der Waals surface area contributed by atoms with Crippen molar-refractivity contribution in [3.63, 3.8) is 0 Å². The molecule has 0 saturated carbocycles. The molecule has 0 fully saturated rings. The van der Waals surface area contributed by atoms with Gasteiger partial charge in [0.2, 0.25) is 5.95 Å². The van der Waals surface area contributed by atoms with Crippen LogP contribution in [0.15, 0.2) is 18.2 Å². The van der Waals surface area contributed by atoms with Crippen molar-refractivity contribution in [3.05, 3.63) is 23.2 Å². The average molecular weight is 267 g/mol. The number of nitrogen functional groups attached to an aromatic ring is 1. The highest BCUT2D eigenvalue weighted by Crippen LogP contribution is 2.29. The highest BCUT2D eigenvalue weighted by atomic mass is 35.5. The average Bonchev–Trinajstić information content (AvgIpc) is 2.38. The Morgan fingerprint density at radius 1 is 1.11 bits per heavy atom. The third-order valence-electron chi connectivity index (χ3n) is 2.22. The Hall–Kier alpha value is -2.08. The number of hydrogen-bond acceptors (Lipinski definition) is 6. The van der Waals surface area contributed by atoms with E-state index in [2.05, 4.69) is 15.0 Å². The minimum Gasteiger partial charge on any atom is -0.495 e. The van der Waals surface area contributed by atoms with E-state index in [0.29, 0.717) is 22.2 Å². The summed E-state index contributed by atoms with van der Waals surface area (Å²) in [5.74, 6) is 1.02. The highest BCUT2D eigenvalue weighted by molar-refractivity contribution is 6.32. The summed E-state index contributed by atoms with van der Waals surface area (Å²) in [5.41, 5.74) is 6.28. The normalized spacial score (nSPS) is 10.2. The molecule has 1 aromatic heterocycles. The summed E-state index contributed by atoms with van der Waals surface area (Å²) < 4.78 is 10.1. The van der Waals surface area contributed by atoms with E-state index in [1.165, 1.54) is 14.2 Å². The van der Waals surface area contributed by atoms with Gasteiger partial charge in [-0.25, -0.2) is 0 Å². The summed E-state index contributed by atoms with van der Waals surface area (Å²) in [5, 5.41) is 0.509. The molecule has 2 rings (SSSR count). The van der Waals surface area contributed by atoms with Crippen molar-refractivity contribution in [2.45, 2.75) is 0 Å². The second-order valence-corrected chi connectivity index (χ2v) is 3.76. The Kier molecular flexibility index (Phi) is 3.47. The van der Waals surface area contributed by atoms with Gasteiger partial charge in [-0.3, -0.25) is 0 Å². The van der Waals surface area contributed by atoms with Gasteiger partial charge in [-0.15, -0.1) is 0 Å². The summed E-state index contributed by atoms with van der Waals surface area (Å²) in [6.45, 7) is 0. The van der Waals surface area contributed by atoms with E-state index in [1.54, 1.807) is 18.2 Å². The van der Waals surface area contributed by atoms with Gasteiger partial charge in [0.1, 0.15) is 5.75 Å². The minimum atomic E-state index is 0.0887. The first kappa shape index (κ1) is 12.4. The van der Waals surface area contributed by atoms with E-state index in [1.807, 2.05) is 0 Å². The van der Waals surface area contributed by atoms with Crippen molar-refractivity contribution >= 4 is 17.5 Å². The largest absolute Gasteiger partial charge is 0.495 e. The zero-order valence-corrected chi connectivity index (χ0v) is 10.6. The lowest BCUT2D eigenvalue weighted by molar-refractivity contribution is 0.379. The summed E-state index contributed by atoms with van der Waals surface area (Å²) in [7, 11) is 2.99. The van der Waals surface area contributed by atoms with Gasteiger partial charge in [-0.2, -0.15) is 15.0 Å². The number of rotatable bonds is 3. The van der Waals surface area contributed by atoms with Crippen LogP contribution in [-0.2, 0) is 0 Å². The molecule has 1 heterocycles. The predicted octanol–water partition coefficient (Wildman–Crippen LogP) is 1.79. The fourth-order valence-electron chi connectivity index (χ4n) is 1.39. The van der Waals surface area contributed by atoms with Gasteiger partial charge >= 0.3 is 6.01 Å². The molecule has 0 aliphatic heterocycles. The van der Waals surface area contributed by atoms with Crippen molar-refractivity contribution in [1.82, 2.24) is 15.0 Å². The first-order valence-corrected chi connectivity index (χ1v) is 5.41. The lowest BCUT2D eigenvalue weighted by Gasteiger charge is -2.07. The monoisotopic (exact) mass is 266 g/mol. The SMILES string of the molecule is COc1nc(N)nc(-c2ccc(Cl)c(OC)c2)n1. The van der Waals surface area contributed by atoms with Gasteiger partial charge in [0, 0.05) is 5.56 Å². The summed E-state index contributed by atoms with van der Waals surface area (Å²) in [6, 6.07) is 5.34. The van der Waals surface area contributed by atoms with E-state index < -0.39 is 0 Å². The molecule has 7 heteroatoms. The first-order chi connectivity index (χ1) is 8.63. The van der Waals surface area contributed by atoms with Crippen molar-refractivity contribution in [3.8, 4) is 23.1 Å². The minimum absolute atomic E-state index is 0.0887. The van der Waals surface area contributed by atoms with Gasteiger partial charge in [-0.1, -0.05) is 11.6 Å². The number of halogens is 1. The van der Waals surface area contributed by atoms with Crippen LogP contribution in [0.3, 0.4) is 0 Å². The molecule has 2 N–H and O–H groups in total. The molecule has 0 aliphatic rings. The van der Waals surface area contributed by atoms with Crippen LogP contribution in [0.4, 0.5) is 5.95 Å². The fourth-order valence-corrected chi connectivity index (χ4v) is 1.59. The maximum Gasteiger partial charge on any atom is 0.321 e. The summed E-state index contributed by atoms with van der Waals surface area (Å²) in [4.78, 5) is 12.0. The van der Waals surface area contributed by atoms with Crippen LogP contribution in [0.25, 0.3) is 11.4 Å². The Labute approximate surface area is 109 Å². The molecule has 6 nitrogen and oxygen atoms in total. The molecule has 94 valence electrons. The van der Waals surface area contributed by atoms with Crippen molar-refractivity contribution in [2.75, 3.05) is 20.0 Å². The topological polar surface area (TPSA) is 83.2 Å².